The van der Waals surface area contributed by atoms with Gasteiger partial charge in [0.05, 0.1) is 24.5 Å². The summed E-state index contributed by atoms with van der Waals surface area (Å²) in [5.74, 6) is 1.09. The number of nitrogens with zero attached hydrogens (tertiary/aromatic N) is 2. The summed E-state index contributed by atoms with van der Waals surface area (Å²) in [7, 11) is 1.62. The van der Waals surface area contributed by atoms with Gasteiger partial charge in [-0.15, -0.1) is 10.2 Å². The van der Waals surface area contributed by atoms with E-state index < -0.39 is 5.25 Å². The van der Waals surface area contributed by atoms with E-state index in [0.717, 1.165) is 11.3 Å². The second-order valence-corrected chi connectivity index (χ2v) is 8.08. The fourth-order valence-corrected chi connectivity index (χ4v) is 3.97. The van der Waals surface area contributed by atoms with Crippen molar-refractivity contribution < 1.29 is 18.7 Å². The normalized spacial score (nSPS) is 12.0. The average molecular weight is 413 g/mol. The molecule has 8 heteroatoms. The fraction of sp³-hybridized carbons (Fsp3) is 0.333. The number of hydrogen-bond donors (Lipinski definition) is 1. The first-order valence-corrected chi connectivity index (χ1v) is 10.0. The number of carbonyl (C=O) groups excluding carboxylic acids is 2. The van der Waals surface area contributed by atoms with E-state index in [4.69, 9.17) is 9.15 Å². The van der Waals surface area contributed by atoms with E-state index in [1.165, 1.54) is 18.7 Å². The highest BCUT2D eigenvalue weighted by Crippen LogP contribution is 2.27. The third-order valence-corrected chi connectivity index (χ3v) is 5.58. The number of rotatable bonds is 8. The maximum atomic E-state index is 12.9. The Morgan fingerprint density at radius 1 is 1.21 bits per heavy atom. The lowest BCUT2D eigenvalue weighted by Crippen LogP contribution is -2.15. The molecule has 0 radical (unpaired) electrons. The second-order valence-electron chi connectivity index (χ2n) is 6.79. The lowest BCUT2D eigenvalue weighted by Gasteiger charge is -2.07. The monoisotopic (exact) mass is 413 g/mol. The van der Waals surface area contributed by atoms with E-state index in [-0.39, 0.29) is 11.6 Å². The minimum Gasteiger partial charge on any atom is -0.497 e. The van der Waals surface area contributed by atoms with Crippen LogP contribution in [-0.2, 0) is 6.42 Å². The molecule has 7 nitrogen and oxygen atoms in total. The fourth-order valence-electron chi connectivity index (χ4n) is 3.21. The molecule has 29 heavy (non-hydrogen) atoms. The minimum atomic E-state index is -0.444. The summed E-state index contributed by atoms with van der Waals surface area (Å²) in [6.45, 7) is 6.86. The van der Waals surface area contributed by atoms with E-state index in [1.807, 2.05) is 24.3 Å². The van der Waals surface area contributed by atoms with Gasteiger partial charge in [-0.05, 0) is 51.0 Å². The van der Waals surface area contributed by atoms with Gasteiger partial charge in [-0.2, -0.15) is 0 Å². The lowest BCUT2D eigenvalue weighted by molar-refractivity contribution is 0.0988. The van der Waals surface area contributed by atoms with E-state index in [2.05, 4.69) is 15.2 Å². The Bertz CT molecular complexity index is 1040. The van der Waals surface area contributed by atoms with Gasteiger partial charge in [0, 0.05) is 11.3 Å². The minimum absolute atomic E-state index is 0.0596. The van der Waals surface area contributed by atoms with Crippen molar-refractivity contribution in [3.8, 4) is 5.75 Å². The molecule has 2 heterocycles. The summed E-state index contributed by atoms with van der Waals surface area (Å²) in [5, 5.41) is 8.00. The van der Waals surface area contributed by atoms with Crippen molar-refractivity contribution in [1.29, 1.82) is 0 Å². The van der Waals surface area contributed by atoms with E-state index in [9.17, 15) is 9.59 Å². The number of aromatic amines is 1. The quantitative estimate of drug-likeness (QED) is 0.437. The van der Waals surface area contributed by atoms with Gasteiger partial charge in [-0.25, -0.2) is 0 Å². The zero-order valence-corrected chi connectivity index (χ0v) is 17.8. The summed E-state index contributed by atoms with van der Waals surface area (Å²) < 4.78 is 10.8. The molecule has 0 aliphatic heterocycles. The molecule has 2 aromatic heterocycles. The molecule has 0 saturated carbocycles. The maximum absolute atomic E-state index is 12.9. The molecule has 1 N–H and O–H groups in total. The van der Waals surface area contributed by atoms with Crippen LogP contribution in [0.1, 0.15) is 57.4 Å². The van der Waals surface area contributed by atoms with Gasteiger partial charge in [0.25, 0.3) is 5.22 Å². The molecule has 0 unspecified atom stereocenters. The van der Waals surface area contributed by atoms with Gasteiger partial charge in [0.15, 0.2) is 11.6 Å². The largest absolute Gasteiger partial charge is 0.497 e. The van der Waals surface area contributed by atoms with Gasteiger partial charge in [0.1, 0.15) is 5.75 Å². The topological polar surface area (TPSA) is 98.1 Å². The van der Waals surface area contributed by atoms with Gasteiger partial charge in [-0.1, -0.05) is 23.9 Å². The number of benzene rings is 1. The van der Waals surface area contributed by atoms with Crippen molar-refractivity contribution in [3.05, 3.63) is 58.2 Å². The van der Waals surface area contributed by atoms with Crippen molar-refractivity contribution in [2.24, 2.45) is 0 Å². The highest BCUT2D eigenvalue weighted by Gasteiger charge is 2.25. The van der Waals surface area contributed by atoms with Crippen LogP contribution in [0.3, 0.4) is 0 Å². The second kappa shape index (κ2) is 8.65. The smallest absolute Gasteiger partial charge is 0.277 e. The summed E-state index contributed by atoms with van der Waals surface area (Å²) in [4.78, 5) is 27.7. The Morgan fingerprint density at radius 3 is 2.48 bits per heavy atom. The molecule has 152 valence electrons. The number of ether oxygens (including phenoxy) is 1. The molecule has 0 bridgehead atoms. The number of aromatic nitrogens is 3. The van der Waals surface area contributed by atoms with E-state index >= 15 is 0 Å². The molecule has 1 aromatic carbocycles. The molecule has 1 atom stereocenters. The van der Waals surface area contributed by atoms with Crippen LogP contribution in [0.5, 0.6) is 5.75 Å². The molecule has 0 saturated heterocycles. The molecule has 0 aliphatic carbocycles. The summed E-state index contributed by atoms with van der Waals surface area (Å²) in [5.41, 5.74) is 3.42. The highest BCUT2D eigenvalue weighted by atomic mass is 32.2. The Kier molecular flexibility index (Phi) is 6.22. The summed E-state index contributed by atoms with van der Waals surface area (Å²) in [6.07, 6.45) is 0.497. The standard InChI is InChI=1S/C21H23N3O4S/c1-11-18(13(3)25)12(2)22-19(11)20(26)14(4)29-21-24-23-17(28-21)10-15-6-8-16(27-5)9-7-15/h6-9,14,22H,10H2,1-5H3/t14-/m1/s1. The zero-order valence-electron chi connectivity index (χ0n) is 17.0. The van der Waals surface area contributed by atoms with Crippen molar-refractivity contribution in [2.75, 3.05) is 7.11 Å². The number of carbonyl (C=O) groups is 2. The highest BCUT2D eigenvalue weighted by molar-refractivity contribution is 8.00. The Balaban J connectivity index is 1.68. The number of hydrogen-bond acceptors (Lipinski definition) is 7. The number of ketones is 2. The summed E-state index contributed by atoms with van der Waals surface area (Å²) >= 11 is 1.20. The van der Waals surface area contributed by atoms with Gasteiger partial charge < -0.3 is 14.1 Å². The van der Waals surface area contributed by atoms with E-state index in [0.29, 0.717) is 40.0 Å². The maximum Gasteiger partial charge on any atom is 0.277 e. The Labute approximate surface area is 173 Å². The predicted octanol–water partition coefficient (Wildman–Crippen LogP) is 4.18. The van der Waals surface area contributed by atoms with Crippen LogP contribution in [-0.4, -0.2) is 39.1 Å². The summed E-state index contributed by atoms with van der Waals surface area (Å²) in [6, 6.07) is 7.62. The van der Waals surface area contributed by atoms with E-state index in [1.54, 1.807) is 27.9 Å². The van der Waals surface area contributed by atoms with Crippen LogP contribution in [0.15, 0.2) is 33.9 Å². The average Bonchev–Trinajstić information content (AvgIpc) is 3.24. The number of H-pyrrole nitrogens is 1. The van der Waals surface area contributed by atoms with Crippen LogP contribution in [0, 0.1) is 13.8 Å². The number of methoxy groups -OCH3 is 1. The van der Waals surface area contributed by atoms with Crippen molar-refractivity contribution in [1.82, 2.24) is 15.2 Å². The number of thioether (sulfide) groups is 1. The SMILES string of the molecule is COc1ccc(Cc2nnc(S[C@H](C)C(=O)c3[nH]c(C)c(C(C)=O)c3C)o2)cc1. The first kappa shape index (κ1) is 20.9. The van der Waals surface area contributed by atoms with Crippen LogP contribution in [0.25, 0.3) is 0 Å². The van der Waals surface area contributed by atoms with Crippen molar-refractivity contribution in [2.45, 2.75) is 44.6 Å². The van der Waals surface area contributed by atoms with Gasteiger partial charge >= 0.3 is 0 Å². The third kappa shape index (κ3) is 4.59. The number of aryl methyl sites for hydroxylation is 1. The van der Waals surface area contributed by atoms with Crippen LogP contribution in [0.2, 0.25) is 0 Å². The zero-order chi connectivity index (χ0) is 21.1. The molecular formula is C21H23N3O4S. The van der Waals surface area contributed by atoms with Crippen LogP contribution >= 0.6 is 11.8 Å². The van der Waals surface area contributed by atoms with Crippen molar-refractivity contribution in [3.63, 3.8) is 0 Å². The lowest BCUT2D eigenvalue weighted by atomic mass is 10.0. The molecule has 3 aromatic rings. The van der Waals surface area contributed by atoms with Gasteiger partial charge in [0.2, 0.25) is 5.89 Å². The van der Waals surface area contributed by atoms with Crippen LogP contribution in [0.4, 0.5) is 0 Å². The first-order valence-electron chi connectivity index (χ1n) is 9.16. The number of Topliss-reactive ketones (excluding diaryl/α,β-unsaturated/α-hetero) is 2. The molecule has 0 aliphatic rings. The predicted molar refractivity (Wildman–Crippen MR) is 110 cm³/mol. The third-order valence-electron chi connectivity index (χ3n) is 4.65. The Hall–Kier alpha value is -2.87. The van der Waals surface area contributed by atoms with Crippen LogP contribution < -0.4 is 4.74 Å². The molecule has 0 fully saturated rings. The molecular weight excluding hydrogens is 390 g/mol. The molecule has 0 amide bonds. The molecule has 0 spiro atoms. The molecule has 3 rings (SSSR count). The van der Waals surface area contributed by atoms with Crippen molar-refractivity contribution >= 4 is 23.3 Å². The first-order chi connectivity index (χ1) is 13.8. The Morgan fingerprint density at radius 2 is 1.90 bits per heavy atom. The van der Waals surface area contributed by atoms with Gasteiger partial charge in [-0.3, -0.25) is 9.59 Å². The number of nitrogens with one attached hydrogen (secondary N) is 1.